The number of phenolic OH excluding ortho intramolecular Hbond substituents is 1. The molecule has 0 aromatic heterocycles. The summed E-state index contributed by atoms with van der Waals surface area (Å²) in [4.78, 5) is 2.42. The highest BCUT2D eigenvalue weighted by Gasteiger charge is 2.09. The number of nitrogens with two attached hydrogens (primary N) is 1. The molecule has 3 aromatic rings. The maximum absolute atomic E-state index is 9.52. The Balaban J connectivity index is 1.78. The van der Waals surface area contributed by atoms with Crippen LogP contribution in [-0.4, -0.2) is 10.0 Å². The molecule has 3 heteroatoms. The molecule has 0 fully saturated rings. The summed E-state index contributed by atoms with van der Waals surface area (Å²) in [6.07, 6.45) is 0. The van der Waals surface area contributed by atoms with E-state index in [9.17, 15) is 5.11 Å². The highest BCUT2D eigenvalue weighted by Crippen LogP contribution is 2.17. The molecular formula is C23H26N2O. The fraction of sp³-hybridized carbons (Fsp3) is 0.217. The van der Waals surface area contributed by atoms with Crippen molar-refractivity contribution < 1.29 is 5.11 Å². The van der Waals surface area contributed by atoms with Crippen LogP contribution in [0.2, 0.25) is 0 Å². The Labute approximate surface area is 155 Å². The number of aromatic hydroxyl groups is 1. The molecule has 0 spiro atoms. The van der Waals surface area contributed by atoms with Gasteiger partial charge in [-0.1, -0.05) is 66.2 Å². The van der Waals surface area contributed by atoms with Gasteiger partial charge in [-0.3, -0.25) is 4.90 Å². The van der Waals surface area contributed by atoms with Gasteiger partial charge in [0.1, 0.15) is 5.75 Å². The molecule has 3 rings (SSSR count). The van der Waals surface area contributed by atoms with Gasteiger partial charge < -0.3 is 10.8 Å². The van der Waals surface area contributed by atoms with Crippen molar-refractivity contribution in [1.82, 2.24) is 4.90 Å². The maximum atomic E-state index is 9.52. The molecule has 0 amide bonds. The molecule has 134 valence electrons. The maximum Gasteiger partial charge on any atom is 0.115 e. The summed E-state index contributed by atoms with van der Waals surface area (Å²) in [5, 5.41) is 9.52. The standard InChI is InChI=1S/C23H26N2O/c1-18-3-2-4-22(13-18)17-25(16-21-9-11-23(26)12-10-21)15-20-7-5-19(14-24)6-8-20/h2-13,26H,14-17,24H2,1H3. The number of hydrogen-bond donors (Lipinski definition) is 2. The zero-order valence-corrected chi connectivity index (χ0v) is 15.2. The Hall–Kier alpha value is -2.62. The molecule has 3 N–H and O–H groups in total. The van der Waals surface area contributed by atoms with Crippen LogP contribution in [0.4, 0.5) is 0 Å². The van der Waals surface area contributed by atoms with Crippen LogP contribution in [-0.2, 0) is 26.2 Å². The Bertz CT molecular complexity index is 826. The minimum atomic E-state index is 0.302. The predicted octanol–water partition coefficient (Wildman–Crippen LogP) is 4.36. The highest BCUT2D eigenvalue weighted by molar-refractivity contribution is 5.27. The molecule has 0 heterocycles. The zero-order valence-electron chi connectivity index (χ0n) is 15.2. The lowest BCUT2D eigenvalue weighted by atomic mass is 10.1. The van der Waals surface area contributed by atoms with Crippen molar-refractivity contribution in [3.63, 3.8) is 0 Å². The summed E-state index contributed by atoms with van der Waals surface area (Å²) in [6, 6.07) is 24.6. The highest BCUT2D eigenvalue weighted by atomic mass is 16.3. The van der Waals surface area contributed by atoms with E-state index in [-0.39, 0.29) is 0 Å². The van der Waals surface area contributed by atoms with E-state index in [2.05, 4.69) is 60.4 Å². The second-order valence-electron chi connectivity index (χ2n) is 6.82. The van der Waals surface area contributed by atoms with Crippen molar-refractivity contribution in [2.75, 3.05) is 0 Å². The lowest BCUT2D eigenvalue weighted by Crippen LogP contribution is -2.22. The van der Waals surface area contributed by atoms with E-state index in [0.29, 0.717) is 12.3 Å². The monoisotopic (exact) mass is 346 g/mol. The fourth-order valence-corrected chi connectivity index (χ4v) is 3.13. The van der Waals surface area contributed by atoms with Crippen LogP contribution in [0.15, 0.2) is 72.8 Å². The normalized spacial score (nSPS) is 11.0. The van der Waals surface area contributed by atoms with E-state index in [4.69, 9.17) is 5.73 Å². The van der Waals surface area contributed by atoms with Crippen molar-refractivity contribution in [3.05, 3.63) is 101 Å². The predicted molar refractivity (Wildman–Crippen MR) is 107 cm³/mol. The van der Waals surface area contributed by atoms with Crippen LogP contribution in [0.5, 0.6) is 5.75 Å². The van der Waals surface area contributed by atoms with Gasteiger partial charge in [-0.15, -0.1) is 0 Å². The van der Waals surface area contributed by atoms with Gasteiger partial charge in [-0.2, -0.15) is 0 Å². The Kier molecular flexibility index (Phi) is 6.05. The second kappa shape index (κ2) is 8.65. The van der Waals surface area contributed by atoms with Crippen LogP contribution < -0.4 is 5.73 Å². The van der Waals surface area contributed by atoms with E-state index < -0.39 is 0 Å². The molecule has 0 saturated carbocycles. The molecule has 0 aliphatic carbocycles. The summed E-state index contributed by atoms with van der Waals surface area (Å²) in [6.45, 7) is 5.26. The number of aryl methyl sites for hydroxylation is 1. The first-order valence-corrected chi connectivity index (χ1v) is 8.96. The van der Waals surface area contributed by atoms with Gasteiger partial charge in [0.2, 0.25) is 0 Å². The summed E-state index contributed by atoms with van der Waals surface area (Å²) < 4.78 is 0. The van der Waals surface area contributed by atoms with Crippen LogP contribution in [0.1, 0.15) is 27.8 Å². The summed E-state index contributed by atoms with van der Waals surface area (Å²) in [5.41, 5.74) is 11.9. The average molecular weight is 346 g/mol. The van der Waals surface area contributed by atoms with Crippen molar-refractivity contribution in [2.24, 2.45) is 5.73 Å². The largest absolute Gasteiger partial charge is 0.508 e. The summed E-state index contributed by atoms with van der Waals surface area (Å²) >= 11 is 0. The van der Waals surface area contributed by atoms with Gasteiger partial charge in [0.05, 0.1) is 0 Å². The van der Waals surface area contributed by atoms with Gasteiger partial charge in [0.15, 0.2) is 0 Å². The van der Waals surface area contributed by atoms with Crippen molar-refractivity contribution >= 4 is 0 Å². The van der Waals surface area contributed by atoms with Gasteiger partial charge in [0.25, 0.3) is 0 Å². The molecule has 0 bridgehead atoms. The number of nitrogens with zero attached hydrogens (tertiary/aromatic N) is 1. The van der Waals surface area contributed by atoms with E-state index >= 15 is 0 Å². The Morgan fingerprint density at radius 1 is 0.731 bits per heavy atom. The molecule has 26 heavy (non-hydrogen) atoms. The third-order valence-corrected chi connectivity index (χ3v) is 4.50. The number of rotatable bonds is 7. The number of hydrogen-bond acceptors (Lipinski definition) is 3. The molecule has 0 radical (unpaired) electrons. The minimum Gasteiger partial charge on any atom is -0.508 e. The lowest BCUT2D eigenvalue weighted by Gasteiger charge is -2.23. The van der Waals surface area contributed by atoms with Crippen LogP contribution in [0, 0.1) is 6.92 Å². The molecule has 0 aliphatic heterocycles. The smallest absolute Gasteiger partial charge is 0.115 e. The van der Waals surface area contributed by atoms with Crippen molar-refractivity contribution in [3.8, 4) is 5.75 Å². The first kappa shape index (κ1) is 18.2. The fourth-order valence-electron chi connectivity index (χ4n) is 3.13. The summed E-state index contributed by atoms with van der Waals surface area (Å²) in [5.74, 6) is 0.302. The minimum absolute atomic E-state index is 0.302. The third kappa shape index (κ3) is 5.19. The van der Waals surface area contributed by atoms with E-state index in [1.807, 2.05) is 12.1 Å². The van der Waals surface area contributed by atoms with Gasteiger partial charge in [-0.25, -0.2) is 0 Å². The van der Waals surface area contributed by atoms with E-state index in [1.54, 1.807) is 12.1 Å². The number of benzene rings is 3. The molecular weight excluding hydrogens is 320 g/mol. The molecule has 0 unspecified atom stereocenters. The van der Waals surface area contributed by atoms with Crippen LogP contribution in [0.25, 0.3) is 0 Å². The SMILES string of the molecule is Cc1cccc(CN(Cc2ccc(O)cc2)Cc2ccc(CN)cc2)c1. The van der Waals surface area contributed by atoms with E-state index in [0.717, 1.165) is 25.2 Å². The first-order valence-electron chi connectivity index (χ1n) is 8.96. The zero-order chi connectivity index (χ0) is 18.4. The van der Waals surface area contributed by atoms with Crippen molar-refractivity contribution in [2.45, 2.75) is 33.1 Å². The topological polar surface area (TPSA) is 49.5 Å². The quantitative estimate of drug-likeness (QED) is 0.668. The number of phenols is 1. The van der Waals surface area contributed by atoms with Crippen LogP contribution in [0.3, 0.4) is 0 Å². The molecule has 3 nitrogen and oxygen atoms in total. The van der Waals surface area contributed by atoms with Crippen LogP contribution >= 0.6 is 0 Å². The molecule has 3 aromatic carbocycles. The Morgan fingerprint density at radius 3 is 1.85 bits per heavy atom. The van der Waals surface area contributed by atoms with Crippen molar-refractivity contribution in [1.29, 1.82) is 0 Å². The molecule has 0 saturated heterocycles. The lowest BCUT2D eigenvalue weighted by molar-refractivity contribution is 0.247. The average Bonchev–Trinajstić information content (AvgIpc) is 2.64. The molecule has 0 atom stereocenters. The van der Waals surface area contributed by atoms with Gasteiger partial charge in [-0.05, 0) is 41.3 Å². The second-order valence-corrected chi connectivity index (χ2v) is 6.82. The Morgan fingerprint density at radius 2 is 1.27 bits per heavy atom. The third-order valence-electron chi connectivity index (χ3n) is 4.50. The molecule has 0 aliphatic rings. The van der Waals surface area contributed by atoms with Gasteiger partial charge in [0, 0.05) is 26.2 Å². The first-order chi connectivity index (χ1) is 12.6. The van der Waals surface area contributed by atoms with E-state index in [1.165, 1.54) is 22.3 Å². The summed E-state index contributed by atoms with van der Waals surface area (Å²) in [7, 11) is 0. The van der Waals surface area contributed by atoms with Gasteiger partial charge >= 0.3 is 0 Å².